The molecule has 2 heterocycles. The maximum Gasteiger partial charge on any atom is 0.278 e. The molecule has 1 aromatic carbocycles. The third-order valence-electron chi connectivity index (χ3n) is 5.82. The highest BCUT2D eigenvalue weighted by atomic mass is 32.2. The Bertz CT molecular complexity index is 804. The van der Waals surface area contributed by atoms with Gasteiger partial charge in [0.2, 0.25) is 0 Å². The number of nitrogens with one attached hydrogen (secondary N) is 1. The van der Waals surface area contributed by atoms with Crippen molar-refractivity contribution >= 4 is 21.4 Å². The summed E-state index contributed by atoms with van der Waals surface area (Å²) in [6, 6.07) is 7.91. The first kappa shape index (κ1) is 21.9. The lowest BCUT2D eigenvalue weighted by Gasteiger charge is -2.35. The van der Waals surface area contributed by atoms with Gasteiger partial charge in [-0.3, -0.25) is 4.79 Å². The van der Waals surface area contributed by atoms with Crippen molar-refractivity contribution in [3.63, 3.8) is 0 Å². The van der Waals surface area contributed by atoms with E-state index in [9.17, 15) is 13.2 Å². The Hall–Kier alpha value is -1.80. The zero-order valence-corrected chi connectivity index (χ0v) is 18.6. The Morgan fingerprint density at radius 1 is 1.31 bits per heavy atom. The second-order valence-corrected chi connectivity index (χ2v) is 10.8. The van der Waals surface area contributed by atoms with Crippen molar-refractivity contribution in [2.45, 2.75) is 26.3 Å². The smallest absolute Gasteiger partial charge is 0.278 e. The Morgan fingerprint density at radius 3 is 2.62 bits per heavy atom. The van der Waals surface area contributed by atoms with Gasteiger partial charge in [-0.1, -0.05) is 19.9 Å². The topological polar surface area (TPSA) is 71.4 Å². The number of carbonyl (C=O) groups is 1. The van der Waals surface area contributed by atoms with Crippen LogP contribution in [0.15, 0.2) is 24.3 Å². The number of methoxy groups -OCH3 is 1. The van der Waals surface area contributed by atoms with Crippen LogP contribution in [0.4, 0.5) is 5.69 Å². The summed E-state index contributed by atoms with van der Waals surface area (Å²) >= 11 is 0. The maximum absolute atomic E-state index is 13.1. The minimum Gasteiger partial charge on any atom is -0.497 e. The van der Waals surface area contributed by atoms with E-state index in [2.05, 4.69) is 24.8 Å². The Balaban J connectivity index is 1.57. The molecule has 1 atom stereocenters. The van der Waals surface area contributed by atoms with Crippen molar-refractivity contribution in [1.82, 2.24) is 4.90 Å². The Morgan fingerprint density at radius 2 is 2.03 bits per heavy atom. The number of benzene rings is 1. The van der Waals surface area contributed by atoms with Gasteiger partial charge in [0.15, 0.2) is 16.4 Å². The molecule has 2 aliphatic heterocycles. The van der Waals surface area contributed by atoms with Crippen LogP contribution in [0.2, 0.25) is 0 Å². The summed E-state index contributed by atoms with van der Waals surface area (Å²) in [5, 5.41) is 0. The van der Waals surface area contributed by atoms with Gasteiger partial charge in [-0.2, -0.15) is 0 Å². The van der Waals surface area contributed by atoms with Gasteiger partial charge in [-0.05, 0) is 24.5 Å². The average molecular weight is 425 g/mol. The molecule has 29 heavy (non-hydrogen) atoms. The maximum atomic E-state index is 13.1. The van der Waals surface area contributed by atoms with Crippen LogP contribution in [-0.2, 0) is 14.6 Å². The van der Waals surface area contributed by atoms with Crippen molar-refractivity contribution in [3.8, 4) is 5.75 Å². The number of carbonyl (C=O) groups excluding carboxylic acids is 1. The molecule has 0 unspecified atom stereocenters. The number of piperazine rings is 1. The van der Waals surface area contributed by atoms with Crippen LogP contribution < -0.4 is 14.5 Å². The summed E-state index contributed by atoms with van der Waals surface area (Å²) < 4.78 is 29.1. The summed E-state index contributed by atoms with van der Waals surface area (Å²) in [5.41, 5.74) is 1.15. The standard InChI is InChI=1S/C21H33N3O4S/c1-17(2)14-24(19-7-12-29(26,27)16-19)21(25)15-22-8-10-23(11-9-22)18-5-4-6-20(13-18)28-3/h4-6,13,17,19H,7-12,14-16H2,1-3H3/p+1/t19-/m1/s1. The lowest BCUT2D eigenvalue weighted by Crippen LogP contribution is -3.16. The molecule has 0 aliphatic carbocycles. The fourth-order valence-corrected chi connectivity index (χ4v) is 5.98. The van der Waals surface area contributed by atoms with Gasteiger partial charge < -0.3 is 19.4 Å². The van der Waals surface area contributed by atoms with Crippen LogP contribution in [0.5, 0.6) is 5.75 Å². The molecule has 1 N–H and O–H groups in total. The normalized spacial score (nSPS) is 22.1. The molecule has 0 spiro atoms. The van der Waals surface area contributed by atoms with E-state index in [4.69, 9.17) is 4.74 Å². The molecule has 1 aromatic rings. The van der Waals surface area contributed by atoms with E-state index in [1.165, 1.54) is 4.90 Å². The molecule has 1 amide bonds. The SMILES string of the molecule is COc1cccc(N2CC[NH+](CC(=O)N(CC(C)C)[C@@H]3CCS(=O)(=O)C3)CC2)c1. The van der Waals surface area contributed by atoms with Gasteiger partial charge in [-0.25, -0.2) is 8.42 Å². The molecule has 7 nitrogen and oxygen atoms in total. The van der Waals surface area contributed by atoms with Crippen molar-refractivity contribution in [2.75, 3.05) is 62.8 Å². The second kappa shape index (κ2) is 9.34. The molecule has 2 saturated heterocycles. The van der Waals surface area contributed by atoms with Gasteiger partial charge in [0, 0.05) is 24.3 Å². The Labute approximate surface area is 174 Å². The van der Waals surface area contributed by atoms with Crippen LogP contribution in [0.3, 0.4) is 0 Å². The number of ether oxygens (including phenoxy) is 1. The predicted molar refractivity (Wildman–Crippen MR) is 114 cm³/mol. The summed E-state index contributed by atoms with van der Waals surface area (Å²) in [5.74, 6) is 1.58. The molecule has 2 fully saturated rings. The first-order valence-electron chi connectivity index (χ1n) is 10.5. The molecular weight excluding hydrogens is 390 g/mol. The van der Waals surface area contributed by atoms with E-state index < -0.39 is 9.84 Å². The average Bonchev–Trinajstić information content (AvgIpc) is 3.06. The van der Waals surface area contributed by atoms with Crippen LogP contribution in [0, 0.1) is 5.92 Å². The van der Waals surface area contributed by atoms with Crippen LogP contribution in [0.1, 0.15) is 20.3 Å². The summed E-state index contributed by atoms with van der Waals surface area (Å²) in [6.45, 7) is 8.77. The highest BCUT2D eigenvalue weighted by Crippen LogP contribution is 2.21. The summed E-state index contributed by atoms with van der Waals surface area (Å²) in [4.78, 5) is 18.5. The third kappa shape index (κ3) is 5.85. The van der Waals surface area contributed by atoms with Gasteiger partial charge in [0.25, 0.3) is 5.91 Å². The number of quaternary nitrogens is 1. The number of nitrogens with zero attached hydrogens (tertiary/aromatic N) is 2. The van der Waals surface area contributed by atoms with Gasteiger partial charge in [0.05, 0.1) is 44.8 Å². The largest absolute Gasteiger partial charge is 0.497 e. The molecule has 8 heteroatoms. The number of anilines is 1. The fourth-order valence-electron chi connectivity index (χ4n) is 4.25. The minimum atomic E-state index is -3.00. The van der Waals surface area contributed by atoms with E-state index in [0.29, 0.717) is 25.4 Å². The van der Waals surface area contributed by atoms with E-state index in [0.717, 1.165) is 37.6 Å². The monoisotopic (exact) mass is 424 g/mol. The Kier molecular flexibility index (Phi) is 7.05. The summed E-state index contributed by atoms with van der Waals surface area (Å²) in [7, 11) is -1.33. The molecule has 2 aliphatic rings. The lowest BCUT2D eigenvalue weighted by atomic mass is 10.1. The highest BCUT2D eigenvalue weighted by Gasteiger charge is 2.36. The van der Waals surface area contributed by atoms with E-state index in [1.54, 1.807) is 7.11 Å². The zero-order valence-electron chi connectivity index (χ0n) is 17.8. The van der Waals surface area contributed by atoms with Gasteiger partial charge >= 0.3 is 0 Å². The third-order valence-corrected chi connectivity index (χ3v) is 7.57. The van der Waals surface area contributed by atoms with Gasteiger partial charge in [0.1, 0.15) is 5.75 Å². The quantitative estimate of drug-likeness (QED) is 0.671. The first-order valence-corrected chi connectivity index (χ1v) is 12.3. The fraction of sp³-hybridized carbons (Fsp3) is 0.667. The number of sulfone groups is 1. The van der Waals surface area contributed by atoms with E-state index >= 15 is 0 Å². The number of rotatable bonds is 7. The molecule has 0 aromatic heterocycles. The predicted octanol–water partition coefficient (Wildman–Crippen LogP) is 0.0718. The first-order chi connectivity index (χ1) is 13.8. The van der Waals surface area contributed by atoms with Crippen LogP contribution in [-0.4, -0.2) is 83.2 Å². The van der Waals surface area contributed by atoms with Crippen LogP contribution in [0.25, 0.3) is 0 Å². The summed E-state index contributed by atoms with van der Waals surface area (Å²) in [6.07, 6.45) is 0.569. The second-order valence-electron chi connectivity index (χ2n) is 8.61. The van der Waals surface area contributed by atoms with Crippen molar-refractivity contribution in [1.29, 1.82) is 0 Å². The molecule has 3 rings (SSSR count). The lowest BCUT2D eigenvalue weighted by molar-refractivity contribution is -0.892. The molecule has 0 saturated carbocycles. The minimum absolute atomic E-state index is 0.0885. The van der Waals surface area contributed by atoms with E-state index in [1.807, 2.05) is 23.1 Å². The van der Waals surface area contributed by atoms with Crippen molar-refractivity contribution in [2.24, 2.45) is 5.92 Å². The zero-order chi connectivity index (χ0) is 21.0. The van der Waals surface area contributed by atoms with Crippen molar-refractivity contribution in [3.05, 3.63) is 24.3 Å². The van der Waals surface area contributed by atoms with E-state index in [-0.39, 0.29) is 23.5 Å². The molecule has 0 radical (unpaired) electrons. The number of hydrogen-bond donors (Lipinski definition) is 1. The molecular formula is C21H34N3O4S+. The number of amides is 1. The molecule has 0 bridgehead atoms. The highest BCUT2D eigenvalue weighted by molar-refractivity contribution is 7.91. The molecule has 162 valence electrons. The van der Waals surface area contributed by atoms with Gasteiger partial charge in [-0.15, -0.1) is 0 Å². The number of hydrogen-bond acceptors (Lipinski definition) is 5. The van der Waals surface area contributed by atoms with Crippen molar-refractivity contribution < 1.29 is 22.8 Å². The van der Waals surface area contributed by atoms with Crippen LogP contribution >= 0.6 is 0 Å².